The number of rotatable bonds is 6. The summed E-state index contributed by atoms with van der Waals surface area (Å²) in [6, 6.07) is 0. The van der Waals surface area contributed by atoms with Gasteiger partial charge in [0.1, 0.15) is 0 Å². The largest absolute Gasteiger partial charge is 0.377 e. The van der Waals surface area contributed by atoms with Crippen LogP contribution in [0.4, 0.5) is 0 Å². The second kappa shape index (κ2) is 7.96. The van der Waals surface area contributed by atoms with Crippen LogP contribution >= 0.6 is 11.8 Å². The van der Waals surface area contributed by atoms with Crippen molar-refractivity contribution in [2.45, 2.75) is 39.2 Å². The minimum Gasteiger partial charge on any atom is -0.377 e. The summed E-state index contributed by atoms with van der Waals surface area (Å²) in [5.41, 5.74) is 0. The standard InChI is InChI=1S/C12H23NO2S/c1-3-15-11-6-5-8-13(10-11)12(14)7-9-16-4-2/h11H,3-10H2,1-2H3. The maximum atomic E-state index is 11.9. The highest BCUT2D eigenvalue weighted by Gasteiger charge is 2.23. The van der Waals surface area contributed by atoms with Crippen LogP contribution in [0.5, 0.6) is 0 Å². The molecule has 1 aliphatic heterocycles. The van der Waals surface area contributed by atoms with Crippen LogP contribution in [0, 0.1) is 0 Å². The first-order valence-corrected chi connectivity index (χ1v) is 7.40. The molecule has 16 heavy (non-hydrogen) atoms. The monoisotopic (exact) mass is 245 g/mol. The molecule has 0 N–H and O–H groups in total. The molecule has 0 spiro atoms. The Morgan fingerprint density at radius 1 is 1.50 bits per heavy atom. The summed E-state index contributed by atoms with van der Waals surface area (Å²) in [5, 5.41) is 0. The lowest BCUT2D eigenvalue weighted by atomic mass is 10.1. The van der Waals surface area contributed by atoms with Crippen LogP contribution in [0.3, 0.4) is 0 Å². The van der Waals surface area contributed by atoms with Crippen molar-refractivity contribution in [3.63, 3.8) is 0 Å². The Morgan fingerprint density at radius 2 is 2.31 bits per heavy atom. The minimum absolute atomic E-state index is 0.265. The Bertz CT molecular complexity index is 209. The minimum atomic E-state index is 0.265. The number of nitrogens with zero attached hydrogens (tertiary/aromatic N) is 1. The number of piperidine rings is 1. The zero-order chi connectivity index (χ0) is 11.8. The third-order valence-electron chi connectivity index (χ3n) is 2.80. The van der Waals surface area contributed by atoms with Crippen LogP contribution in [0.2, 0.25) is 0 Å². The van der Waals surface area contributed by atoms with E-state index in [1.54, 1.807) is 0 Å². The van der Waals surface area contributed by atoms with Crippen LogP contribution in [0.15, 0.2) is 0 Å². The predicted octanol–water partition coefficient (Wildman–Crippen LogP) is 2.16. The molecule has 0 aliphatic carbocycles. The van der Waals surface area contributed by atoms with Crippen molar-refractivity contribution in [3.05, 3.63) is 0 Å². The predicted molar refractivity (Wildman–Crippen MR) is 68.8 cm³/mol. The molecule has 1 amide bonds. The summed E-state index contributed by atoms with van der Waals surface area (Å²) in [4.78, 5) is 13.9. The molecule has 1 heterocycles. The molecule has 1 unspecified atom stereocenters. The van der Waals surface area contributed by atoms with E-state index in [9.17, 15) is 4.79 Å². The van der Waals surface area contributed by atoms with Crippen molar-refractivity contribution < 1.29 is 9.53 Å². The van der Waals surface area contributed by atoms with E-state index in [1.165, 1.54) is 0 Å². The zero-order valence-corrected chi connectivity index (χ0v) is 11.2. The Labute approximate surface area is 103 Å². The number of hydrogen-bond donors (Lipinski definition) is 0. The lowest BCUT2D eigenvalue weighted by molar-refractivity contribution is -0.134. The first-order chi connectivity index (χ1) is 7.77. The molecule has 0 aromatic carbocycles. The average molecular weight is 245 g/mol. The van der Waals surface area contributed by atoms with Gasteiger partial charge in [0.25, 0.3) is 0 Å². The highest BCUT2D eigenvalue weighted by atomic mass is 32.2. The molecule has 3 nitrogen and oxygen atoms in total. The first-order valence-electron chi connectivity index (χ1n) is 6.25. The van der Waals surface area contributed by atoms with Gasteiger partial charge in [-0.3, -0.25) is 4.79 Å². The van der Waals surface area contributed by atoms with E-state index < -0.39 is 0 Å². The fourth-order valence-corrected chi connectivity index (χ4v) is 2.61. The van der Waals surface area contributed by atoms with Crippen molar-refractivity contribution in [3.8, 4) is 0 Å². The second-order valence-corrected chi connectivity index (χ2v) is 5.40. The number of hydrogen-bond acceptors (Lipinski definition) is 3. The molecule has 1 rings (SSSR count). The van der Waals surface area contributed by atoms with E-state index in [0.717, 1.165) is 44.0 Å². The lowest BCUT2D eigenvalue weighted by Gasteiger charge is -2.32. The zero-order valence-electron chi connectivity index (χ0n) is 10.4. The number of thioether (sulfide) groups is 1. The maximum absolute atomic E-state index is 11.9. The fraction of sp³-hybridized carbons (Fsp3) is 0.917. The molecule has 1 aliphatic rings. The Morgan fingerprint density at radius 3 is 3.00 bits per heavy atom. The highest BCUT2D eigenvalue weighted by Crippen LogP contribution is 2.14. The van der Waals surface area contributed by atoms with E-state index in [2.05, 4.69) is 6.92 Å². The quantitative estimate of drug-likeness (QED) is 0.672. The van der Waals surface area contributed by atoms with Crippen molar-refractivity contribution in [1.29, 1.82) is 0 Å². The smallest absolute Gasteiger partial charge is 0.223 e. The van der Waals surface area contributed by atoms with Crippen LogP contribution in [0.1, 0.15) is 33.1 Å². The van der Waals surface area contributed by atoms with Crippen LogP contribution in [0.25, 0.3) is 0 Å². The third kappa shape index (κ3) is 4.74. The van der Waals surface area contributed by atoms with Crippen LogP contribution in [-0.2, 0) is 9.53 Å². The molecule has 0 aromatic heterocycles. The summed E-state index contributed by atoms with van der Waals surface area (Å²) >= 11 is 1.83. The van der Waals surface area contributed by atoms with E-state index in [4.69, 9.17) is 4.74 Å². The van der Waals surface area contributed by atoms with E-state index >= 15 is 0 Å². The van der Waals surface area contributed by atoms with Crippen molar-refractivity contribution in [2.75, 3.05) is 31.2 Å². The molecule has 0 saturated carbocycles. The van der Waals surface area contributed by atoms with Crippen LogP contribution < -0.4 is 0 Å². The molecule has 1 atom stereocenters. The van der Waals surface area contributed by atoms with Gasteiger partial charge in [-0.2, -0.15) is 11.8 Å². The second-order valence-electron chi connectivity index (χ2n) is 4.01. The number of carbonyl (C=O) groups is 1. The highest BCUT2D eigenvalue weighted by molar-refractivity contribution is 7.99. The summed E-state index contributed by atoms with van der Waals surface area (Å²) < 4.78 is 5.59. The normalized spacial score (nSPS) is 21.1. The number of ether oxygens (including phenoxy) is 1. The molecule has 94 valence electrons. The van der Waals surface area contributed by atoms with E-state index in [-0.39, 0.29) is 6.10 Å². The molecular weight excluding hydrogens is 222 g/mol. The maximum Gasteiger partial charge on any atom is 0.223 e. The van der Waals surface area contributed by atoms with Gasteiger partial charge in [0.2, 0.25) is 5.91 Å². The van der Waals surface area contributed by atoms with E-state index in [1.807, 2.05) is 23.6 Å². The van der Waals surface area contributed by atoms with Gasteiger partial charge in [-0.25, -0.2) is 0 Å². The molecular formula is C12H23NO2S. The molecule has 4 heteroatoms. The van der Waals surface area contributed by atoms with Crippen molar-refractivity contribution in [1.82, 2.24) is 4.90 Å². The first kappa shape index (κ1) is 13.8. The summed E-state index contributed by atoms with van der Waals surface area (Å²) in [6.45, 7) is 6.60. The van der Waals surface area contributed by atoms with Gasteiger partial charge in [0, 0.05) is 31.9 Å². The summed E-state index contributed by atoms with van der Waals surface area (Å²) in [7, 11) is 0. The Hall–Kier alpha value is -0.220. The fourth-order valence-electron chi connectivity index (χ4n) is 2.00. The van der Waals surface area contributed by atoms with Crippen molar-refractivity contribution in [2.24, 2.45) is 0 Å². The van der Waals surface area contributed by atoms with Gasteiger partial charge in [0.15, 0.2) is 0 Å². The van der Waals surface area contributed by atoms with Gasteiger partial charge < -0.3 is 9.64 Å². The average Bonchev–Trinajstić information content (AvgIpc) is 2.30. The van der Waals surface area contributed by atoms with Gasteiger partial charge in [-0.05, 0) is 25.5 Å². The number of amides is 1. The topological polar surface area (TPSA) is 29.5 Å². The number of carbonyl (C=O) groups excluding carboxylic acids is 1. The molecule has 1 saturated heterocycles. The Balaban J connectivity index is 2.26. The van der Waals surface area contributed by atoms with Gasteiger partial charge in [-0.15, -0.1) is 0 Å². The third-order valence-corrected chi connectivity index (χ3v) is 3.70. The van der Waals surface area contributed by atoms with Crippen molar-refractivity contribution >= 4 is 17.7 Å². The van der Waals surface area contributed by atoms with Gasteiger partial charge in [0.05, 0.1) is 6.10 Å². The summed E-state index contributed by atoms with van der Waals surface area (Å²) in [6.07, 6.45) is 3.12. The summed E-state index contributed by atoms with van der Waals surface area (Å²) in [5.74, 6) is 2.34. The lowest BCUT2D eigenvalue weighted by Crippen LogP contribution is -2.43. The SMILES string of the molecule is CCOC1CCCN(C(=O)CCSCC)C1. The molecule has 0 aromatic rings. The van der Waals surface area contributed by atoms with E-state index in [0.29, 0.717) is 12.3 Å². The Kier molecular flexibility index (Phi) is 6.88. The molecule has 1 fully saturated rings. The number of likely N-dealkylation sites (tertiary alicyclic amines) is 1. The van der Waals surface area contributed by atoms with Gasteiger partial charge in [-0.1, -0.05) is 6.92 Å². The van der Waals surface area contributed by atoms with Gasteiger partial charge >= 0.3 is 0 Å². The van der Waals surface area contributed by atoms with Crippen LogP contribution in [-0.4, -0.2) is 48.1 Å². The molecule has 0 radical (unpaired) electrons. The molecule has 0 bridgehead atoms.